The van der Waals surface area contributed by atoms with E-state index in [0.29, 0.717) is 5.69 Å². The minimum Gasteiger partial charge on any atom is -0.477 e. The van der Waals surface area contributed by atoms with Crippen molar-refractivity contribution in [1.29, 1.82) is 0 Å². The summed E-state index contributed by atoms with van der Waals surface area (Å²) >= 11 is 3.09. The first kappa shape index (κ1) is 14.9. The van der Waals surface area contributed by atoms with Crippen LogP contribution in [0.1, 0.15) is 16.1 Å². The Morgan fingerprint density at radius 2 is 2.14 bits per heavy atom. The summed E-state index contributed by atoms with van der Waals surface area (Å²) in [5, 5.41) is 20.0. The second-order valence-electron chi connectivity index (χ2n) is 4.08. The van der Waals surface area contributed by atoms with Gasteiger partial charge in [0.05, 0.1) is 4.92 Å². The van der Waals surface area contributed by atoms with Gasteiger partial charge in [0.1, 0.15) is 21.5 Å². The number of hydrogen-bond donors (Lipinski definition) is 1. The number of aryl methyl sites for hydroxylation is 1. The van der Waals surface area contributed by atoms with E-state index in [2.05, 4.69) is 20.9 Å². The number of aromatic nitrogens is 1. The second kappa shape index (κ2) is 5.88. The van der Waals surface area contributed by atoms with E-state index in [1.807, 2.05) is 0 Å². The predicted molar refractivity (Wildman–Crippen MR) is 76.8 cm³/mol. The third kappa shape index (κ3) is 3.16. The molecule has 2 aromatic rings. The Morgan fingerprint density at radius 1 is 1.43 bits per heavy atom. The number of aromatic carboxylic acids is 1. The van der Waals surface area contributed by atoms with E-state index < -0.39 is 10.9 Å². The van der Waals surface area contributed by atoms with Crippen LogP contribution < -0.4 is 4.74 Å². The fraction of sp³-hybridized carbons (Fsp3) is 0.0769. The summed E-state index contributed by atoms with van der Waals surface area (Å²) < 4.78 is 5.64. The molecule has 0 radical (unpaired) electrons. The van der Waals surface area contributed by atoms with Crippen LogP contribution >= 0.6 is 15.9 Å². The number of rotatable bonds is 4. The summed E-state index contributed by atoms with van der Waals surface area (Å²) in [6, 6.07) is 5.72. The van der Waals surface area contributed by atoms with Gasteiger partial charge in [-0.1, -0.05) is 6.07 Å². The lowest BCUT2D eigenvalue weighted by Gasteiger charge is -2.10. The molecule has 0 saturated carbocycles. The molecular weight excluding hydrogens is 344 g/mol. The first-order valence-electron chi connectivity index (χ1n) is 5.71. The van der Waals surface area contributed by atoms with Crippen LogP contribution in [-0.4, -0.2) is 21.0 Å². The van der Waals surface area contributed by atoms with Crippen molar-refractivity contribution in [2.45, 2.75) is 6.92 Å². The zero-order valence-electron chi connectivity index (χ0n) is 10.7. The van der Waals surface area contributed by atoms with Gasteiger partial charge in [0, 0.05) is 24.0 Å². The minimum absolute atomic E-state index is 0.0659. The van der Waals surface area contributed by atoms with Crippen molar-refractivity contribution in [1.82, 2.24) is 4.98 Å². The van der Waals surface area contributed by atoms with E-state index in [4.69, 9.17) is 9.84 Å². The number of hydrogen-bond acceptors (Lipinski definition) is 5. The summed E-state index contributed by atoms with van der Waals surface area (Å²) in [6.07, 6.45) is 1.18. The summed E-state index contributed by atoms with van der Waals surface area (Å²) in [7, 11) is 0. The Kier molecular flexibility index (Phi) is 4.18. The first-order chi connectivity index (χ1) is 9.90. The lowest BCUT2D eigenvalue weighted by molar-refractivity contribution is -0.385. The summed E-state index contributed by atoms with van der Waals surface area (Å²) in [6.45, 7) is 1.68. The Bertz CT molecular complexity index is 732. The average Bonchev–Trinajstić information content (AvgIpc) is 2.40. The number of benzene rings is 1. The van der Waals surface area contributed by atoms with Crippen molar-refractivity contribution >= 4 is 27.6 Å². The number of carboxylic acid groups (broad SMARTS) is 1. The number of carbonyl (C=O) groups is 1. The van der Waals surface area contributed by atoms with Gasteiger partial charge >= 0.3 is 5.97 Å². The van der Waals surface area contributed by atoms with Crippen LogP contribution in [0, 0.1) is 17.0 Å². The molecule has 2 rings (SSSR count). The molecule has 8 heteroatoms. The molecule has 0 amide bonds. The number of pyridine rings is 1. The maximum Gasteiger partial charge on any atom is 0.341 e. The van der Waals surface area contributed by atoms with Crippen LogP contribution in [0.15, 0.2) is 34.9 Å². The van der Waals surface area contributed by atoms with Crippen LogP contribution in [0.5, 0.6) is 11.5 Å². The lowest BCUT2D eigenvalue weighted by atomic mass is 10.2. The quantitative estimate of drug-likeness (QED) is 0.666. The molecule has 7 nitrogen and oxygen atoms in total. The van der Waals surface area contributed by atoms with Crippen molar-refractivity contribution in [3.05, 3.63) is 56.3 Å². The standard InChI is InChI=1S/C13H9BrN2O5/c1-7-5-11(8(6-15-7)13(17)18)21-10-4-2-3-9(12(10)14)16(19)20/h2-6H,1H3,(H,17,18). The summed E-state index contributed by atoms with van der Waals surface area (Å²) in [5.41, 5.74) is 0.269. The summed E-state index contributed by atoms with van der Waals surface area (Å²) in [5.74, 6) is -0.979. The van der Waals surface area contributed by atoms with E-state index in [1.165, 1.54) is 30.5 Å². The second-order valence-corrected chi connectivity index (χ2v) is 4.87. The van der Waals surface area contributed by atoms with Gasteiger partial charge < -0.3 is 9.84 Å². The zero-order chi connectivity index (χ0) is 15.6. The molecule has 1 aromatic heterocycles. The molecule has 1 heterocycles. The van der Waals surface area contributed by atoms with Crippen LogP contribution in [0.4, 0.5) is 5.69 Å². The molecular formula is C13H9BrN2O5. The minimum atomic E-state index is -1.20. The zero-order valence-corrected chi connectivity index (χ0v) is 12.3. The van der Waals surface area contributed by atoms with Gasteiger partial charge in [0.2, 0.25) is 0 Å². The van der Waals surface area contributed by atoms with Crippen molar-refractivity contribution in [2.24, 2.45) is 0 Å². The molecule has 21 heavy (non-hydrogen) atoms. The van der Waals surface area contributed by atoms with Crippen LogP contribution in [-0.2, 0) is 0 Å². The van der Waals surface area contributed by atoms with Gasteiger partial charge in [-0.3, -0.25) is 15.1 Å². The maximum atomic E-state index is 11.1. The Balaban J connectivity index is 2.48. The number of halogens is 1. The van der Waals surface area contributed by atoms with E-state index in [0.717, 1.165) is 0 Å². The number of nitro benzene ring substituents is 1. The third-order valence-electron chi connectivity index (χ3n) is 2.59. The number of nitrogens with zero attached hydrogens (tertiary/aromatic N) is 2. The topological polar surface area (TPSA) is 103 Å². The Hall–Kier alpha value is -2.48. The molecule has 0 fully saturated rings. The molecule has 108 valence electrons. The highest BCUT2D eigenvalue weighted by Crippen LogP contribution is 2.37. The van der Waals surface area contributed by atoms with Crippen molar-refractivity contribution in [3.8, 4) is 11.5 Å². The fourth-order valence-electron chi connectivity index (χ4n) is 1.62. The molecule has 1 aromatic carbocycles. The van der Waals surface area contributed by atoms with E-state index in [-0.39, 0.29) is 27.2 Å². The molecule has 0 bridgehead atoms. The van der Waals surface area contributed by atoms with Gasteiger partial charge in [0.25, 0.3) is 5.69 Å². The van der Waals surface area contributed by atoms with Crippen molar-refractivity contribution < 1.29 is 19.6 Å². The number of nitro groups is 1. The largest absolute Gasteiger partial charge is 0.477 e. The number of ether oxygens (including phenoxy) is 1. The third-order valence-corrected chi connectivity index (χ3v) is 3.39. The predicted octanol–water partition coefficient (Wildman–Crippen LogP) is 3.55. The van der Waals surface area contributed by atoms with Crippen LogP contribution in [0.3, 0.4) is 0 Å². The van der Waals surface area contributed by atoms with Gasteiger partial charge in [-0.15, -0.1) is 0 Å². The highest BCUT2D eigenvalue weighted by molar-refractivity contribution is 9.10. The Labute approximate surface area is 127 Å². The van der Waals surface area contributed by atoms with Crippen LogP contribution in [0.2, 0.25) is 0 Å². The van der Waals surface area contributed by atoms with E-state index >= 15 is 0 Å². The highest BCUT2D eigenvalue weighted by Gasteiger charge is 2.19. The van der Waals surface area contributed by atoms with E-state index in [9.17, 15) is 14.9 Å². The highest BCUT2D eigenvalue weighted by atomic mass is 79.9. The van der Waals surface area contributed by atoms with Crippen LogP contribution in [0.25, 0.3) is 0 Å². The molecule has 0 aliphatic rings. The SMILES string of the molecule is Cc1cc(Oc2cccc([N+](=O)[O-])c2Br)c(C(=O)O)cn1. The van der Waals surface area contributed by atoms with Gasteiger partial charge in [0.15, 0.2) is 0 Å². The van der Waals surface area contributed by atoms with Gasteiger partial charge in [-0.25, -0.2) is 4.79 Å². The summed E-state index contributed by atoms with van der Waals surface area (Å²) in [4.78, 5) is 25.3. The number of carboxylic acids is 1. The molecule has 0 atom stereocenters. The normalized spacial score (nSPS) is 10.2. The average molecular weight is 353 g/mol. The van der Waals surface area contributed by atoms with Gasteiger partial charge in [-0.2, -0.15) is 0 Å². The first-order valence-corrected chi connectivity index (χ1v) is 6.50. The van der Waals surface area contributed by atoms with Crippen molar-refractivity contribution in [3.63, 3.8) is 0 Å². The molecule has 0 aliphatic carbocycles. The molecule has 0 aliphatic heterocycles. The molecule has 0 spiro atoms. The smallest absolute Gasteiger partial charge is 0.341 e. The lowest BCUT2D eigenvalue weighted by Crippen LogP contribution is -2.02. The molecule has 0 saturated heterocycles. The molecule has 0 unspecified atom stereocenters. The van der Waals surface area contributed by atoms with Gasteiger partial charge in [-0.05, 0) is 28.9 Å². The van der Waals surface area contributed by atoms with Crippen molar-refractivity contribution in [2.75, 3.05) is 0 Å². The maximum absolute atomic E-state index is 11.1. The van der Waals surface area contributed by atoms with E-state index in [1.54, 1.807) is 6.92 Å². The Morgan fingerprint density at radius 3 is 2.76 bits per heavy atom. The molecule has 1 N–H and O–H groups in total. The fourth-order valence-corrected chi connectivity index (χ4v) is 2.11. The monoisotopic (exact) mass is 352 g/mol.